The third-order valence-corrected chi connectivity index (χ3v) is 2.69. The van der Waals surface area contributed by atoms with Crippen LogP contribution >= 0.6 is 0 Å². The molecule has 0 radical (unpaired) electrons. The van der Waals surface area contributed by atoms with Crippen LogP contribution in [0.25, 0.3) is 0 Å². The Morgan fingerprint density at radius 2 is 1.92 bits per heavy atom. The number of hydrogen-bond donors (Lipinski definition) is 2. The van der Waals surface area contributed by atoms with E-state index in [1.807, 2.05) is 0 Å². The molecule has 12 heavy (non-hydrogen) atoms. The molecule has 0 bridgehead atoms. The Morgan fingerprint density at radius 1 is 1.33 bits per heavy atom. The third kappa shape index (κ3) is 2.81. The van der Waals surface area contributed by atoms with Gasteiger partial charge in [0.2, 0.25) is 0 Å². The second-order valence-electron chi connectivity index (χ2n) is 3.82. The maximum absolute atomic E-state index is 10.3. The quantitative estimate of drug-likeness (QED) is 0.676. The van der Waals surface area contributed by atoms with Crippen LogP contribution < -0.4 is 5.73 Å². The van der Waals surface area contributed by atoms with Gasteiger partial charge in [0.15, 0.2) is 0 Å². The van der Waals surface area contributed by atoms with Crippen LogP contribution in [0.1, 0.15) is 44.9 Å². The predicted octanol–water partition coefficient (Wildman–Crippen LogP) is 1.51. The maximum atomic E-state index is 10.3. The lowest BCUT2D eigenvalue weighted by Gasteiger charge is -2.32. The highest BCUT2D eigenvalue weighted by molar-refractivity contribution is 5.66. The van der Waals surface area contributed by atoms with Gasteiger partial charge in [-0.2, -0.15) is 0 Å². The van der Waals surface area contributed by atoms with Crippen LogP contribution in [0, 0.1) is 0 Å². The number of nitrogens with two attached hydrogens (primary N) is 1. The highest BCUT2D eigenvalue weighted by Gasteiger charge is 2.27. The van der Waals surface area contributed by atoms with Crippen molar-refractivity contribution in [1.82, 2.24) is 0 Å². The minimum atomic E-state index is -0.731. The molecule has 0 spiro atoms. The van der Waals surface area contributed by atoms with E-state index in [9.17, 15) is 4.79 Å². The van der Waals surface area contributed by atoms with Crippen LogP contribution in [0.2, 0.25) is 0 Å². The highest BCUT2D eigenvalue weighted by atomic mass is 16.4. The van der Waals surface area contributed by atoms with E-state index >= 15 is 0 Å². The first kappa shape index (κ1) is 9.52. The Bertz CT molecular complexity index is 162. The summed E-state index contributed by atoms with van der Waals surface area (Å²) in [6.45, 7) is 0. The van der Waals surface area contributed by atoms with Gasteiger partial charge < -0.3 is 10.8 Å². The summed E-state index contributed by atoms with van der Waals surface area (Å²) in [5.74, 6) is -0.731. The average Bonchev–Trinajstić information content (AvgIpc) is 2.03. The van der Waals surface area contributed by atoms with E-state index in [1.54, 1.807) is 0 Å². The van der Waals surface area contributed by atoms with Crippen molar-refractivity contribution in [1.29, 1.82) is 0 Å². The van der Waals surface area contributed by atoms with E-state index in [-0.39, 0.29) is 12.0 Å². The minimum absolute atomic E-state index is 0.170. The van der Waals surface area contributed by atoms with Crippen LogP contribution in [0.15, 0.2) is 0 Å². The fraction of sp³-hybridized carbons (Fsp3) is 0.889. The summed E-state index contributed by atoms with van der Waals surface area (Å²) in [5.41, 5.74) is 5.87. The van der Waals surface area contributed by atoms with Gasteiger partial charge in [0.1, 0.15) is 0 Å². The lowest BCUT2D eigenvalue weighted by Crippen LogP contribution is -2.41. The topological polar surface area (TPSA) is 63.3 Å². The van der Waals surface area contributed by atoms with E-state index in [1.165, 1.54) is 6.42 Å². The highest BCUT2D eigenvalue weighted by Crippen LogP contribution is 2.29. The Kier molecular flexibility index (Phi) is 3.09. The summed E-state index contributed by atoms with van der Waals surface area (Å²) in [4.78, 5) is 10.3. The van der Waals surface area contributed by atoms with Crippen molar-refractivity contribution in [2.45, 2.75) is 50.5 Å². The molecule has 1 saturated carbocycles. The molecular weight excluding hydrogens is 154 g/mol. The molecule has 70 valence electrons. The van der Waals surface area contributed by atoms with Gasteiger partial charge in [0.05, 0.1) is 0 Å². The SMILES string of the molecule is NC1(CCC(=O)O)CCCCC1. The largest absolute Gasteiger partial charge is 0.481 e. The first-order valence-corrected chi connectivity index (χ1v) is 4.63. The summed E-state index contributed by atoms with van der Waals surface area (Å²) in [5, 5.41) is 8.50. The van der Waals surface area contributed by atoms with E-state index in [0.717, 1.165) is 25.7 Å². The summed E-state index contributed by atoms with van der Waals surface area (Å²) in [6, 6.07) is 0. The minimum Gasteiger partial charge on any atom is -0.481 e. The molecule has 1 rings (SSSR count). The molecule has 3 N–H and O–H groups in total. The molecule has 0 aromatic heterocycles. The fourth-order valence-corrected chi connectivity index (χ4v) is 1.86. The van der Waals surface area contributed by atoms with E-state index in [2.05, 4.69) is 0 Å². The van der Waals surface area contributed by atoms with Crippen molar-refractivity contribution >= 4 is 5.97 Å². The van der Waals surface area contributed by atoms with Crippen LogP contribution in [0.4, 0.5) is 0 Å². The van der Waals surface area contributed by atoms with Crippen LogP contribution in [-0.4, -0.2) is 16.6 Å². The lowest BCUT2D eigenvalue weighted by molar-refractivity contribution is -0.137. The molecule has 1 aliphatic rings. The molecule has 0 aliphatic heterocycles. The van der Waals surface area contributed by atoms with Gasteiger partial charge >= 0.3 is 5.97 Å². The molecule has 0 aromatic carbocycles. The number of carboxylic acid groups (broad SMARTS) is 1. The predicted molar refractivity (Wildman–Crippen MR) is 46.9 cm³/mol. The molecule has 0 amide bonds. The molecule has 3 heteroatoms. The van der Waals surface area contributed by atoms with Crippen molar-refractivity contribution in [2.75, 3.05) is 0 Å². The zero-order valence-corrected chi connectivity index (χ0v) is 7.38. The molecule has 0 saturated heterocycles. The van der Waals surface area contributed by atoms with E-state index in [0.29, 0.717) is 6.42 Å². The van der Waals surface area contributed by atoms with Gasteiger partial charge in [-0.05, 0) is 19.3 Å². The number of hydrogen-bond acceptors (Lipinski definition) is 2. The van der Waals surface area contributed by atoms with Crippen LogP contribution in [0.3, 0.4) is 0 Å². The monoisotopic (exact) mass is 171 g/mol. The fourth-order valence-electron chi connectivity index (χ4n) is 1.86. The Balaban J connectivity index is 2.31. The van der Waals surface area contributed by atoms with E-state index < -0.39 is 5.97 Å². The first-order chi connectivity index (χ1) is 5.62. The van der Waals surface area contributed by atoms with Gasteiger partial charge in [-0.25, -0.2) is 0 Å². The van der Waals surface area contributed by atoms with Crippen molar-refractivity contribution in [3.8, 4) is 0 Å². The molecular formula is C9H17NO2. The average molecular weight is 171 g/mol. The number of carboxylic acids is 1. The Morgan fingerprint density at radius 3 is 2.42 bits per heavy atom. The van der Waals surface area contributed by atoms with Gasteiger partial charge in [-0.15, -0.1) is 0 Å². The van der Waals surface area contributed by atoms with Crippen LogP contribution in [-0.2, 0) is 4.79 Å². The second kappa shape index (κ2) is 3.90. The zero-order valence-electron chi connectivity index (χ0n) is 7.38. The second-order valence-corrected chi connectivity index (χ2v) is 3.82. The maximum Gasteiger partial charge on any atom is 0.303 e. The standard InChI is InChI=1S/C9H17NO2/c10-9(7-4-8(11)12)5-2-1-3-6-9/h1-7,10H2,(H,11,12). The molecule has 0 heterocycles. The third-order valence-electron chi connectivity index (χ3n) is 2.69. The van der Waals surface area contributed by atoms with Crippen molar-refractivity contribution in [2.24, 2.45) is 5.73 Å². The molecule has 1 fully saturated rings. The van der Waals surface area contributed by atoms with Crippen molar-refractivity contribution in [3.05, 3.63) is 0 Å². The number of carbonyl (C=O) groups is 1. The summed E-state index contributed by atoms with van der Waals surface area (Å²) in [7, 11) is 0. The first-order valence-electron chi connectivity index (χ1n) is 4.63. The van der Waals surface area contributed by atoms with Crippen molar-refractivity contribution in [3.63, 3.8) is 0 Å². The molecule has 1 aliphatic carbocycles. The van der Waals surface area contributed by atoms with Gasteiger partial charge in [-0.1, -0.05) is 19.3 Å². The smallest absolute Gasteiger partial charge is 0.303 e. The molecule has 3 nitrogen and oxygen atoms in total. The normalized spacial score (nSPS) is 22.1. The number of rotatable bonds is 3. The zero-order chi connectivity index (χ0) is 9.03. The van der Waals surface area contributed by atoms with E-state index in [4.69, 9.17) is 10.8 Å². The Hall–Kier alpha value is -0.570. The number of aliphatic carboxylic acids is 1. The molecule has 0 atom stereocenters. The van der Waals surface area contributed by atoms with Crippen molar-refractivity contribution < 1.29 is 9.90 Å². The summed E-state index contributed by atoms with van der Waals surface area (Å²) in [6.07, 6.45) is 6.44. The Labute approximate surface area is 72.9 Å². The van der Waals surface area contributed by atoms with Gasteiger partial charge in [0.25, 0.3) is 0 Å². The lowest BCUT2D eigenvalue weighted by atomic mass is 9.79. The van der Waals surface area contributed by atoms with Gasteiger partial charge in [-0.3, -0.25) is 4.79 Å². The van der Waals surface area contributed by atoms with Crippen LogP contribution in [0.5, 0.6) is 0 Å². The molecule has 0 aromatic rings. The molecule has 0 unspecified atom stereocenters. The summed E-state index contributed by atoms with van der Waals surface area (Å²) >= 11 is 0. The summed E-state index contributed by atoms with van der Waals surface area (Å²) < 4.78 is 0. The van der Waals surface area contributed by atoms with Gasteiger partial charge in [0, 0.05) is 12.0 Å².